The van der Waals surface area contributed by atoms with Gasteiger partial charge in [-0.1, -0.05) is 24.3 Å². The van der Waals surface area contributed by atoms with Crippen LogP contribution in [0.15, 0.2) is 65.5 Å². The Labute approximate surface area is 127 Å². The smallest absolute Gasteiger partial charge is 0.182 e. The van der Waals surface area contributed by atoms with Gasteiger partial charge < -0.3 is 4.42 Å². The largest absolute Gasteiger partial charge is 0.441 e. The number of aryl methyl sites for hydroxylation is 1. The topological polar surface area (TPSA) is 51.8 Å². The van der Waals surface area contributed by atoms with Crippen LogP contribution in [0.25, 0.3) is 33.6 Å². The van der Waals surface area contributed by atoms with Gasteiger partial charge in [0, 0.05) is 22.8 Å². The number of oxazole rings is 1. The van der Waals surface area contributed by atoms with Crippen molar-refractivity contribution in [2.24, 2.45) is 0 Å². The average Bonchev–Trinajstić information content (AvgIpc) is 3.04. The van der Waals surface area contributed by atoms with E-state index in [1.54, 1.807) is 6.20 Å². The molecule has 0 amide bonds. The van der Waals surface area contributed by atoms with Gasteiger partial charge in [-0.05, 0) is 31.2 Å². The first-order valence-electron chi connectivity index (χ1n) is 7.04. The highest BCUT2D eigenvalue weighted by Gasteiger charge is 2.16. The molecule has 0 saturated heterocycles. The Bertz CT molecular complexity index is 954. The normalized spacial score (nSPS) is 11.0. The number of benzene rings is 1. The van der Waals surface area contributed by atoms with Gasteiger partial charge in [-0.25, -0.2) is 9.97 Å². The maximum Gasteiger partial charge on any atom is 0.182 e. The second kappa shape index (κ2) is 5.07. The first kappa shape index (κ1) is 12.7. The van der Waals surface area contributed by atoms with Crippen molar-refractivity contribution in [1.82, 2.24) is 15.0 Å². The lowest BCUT2D eigenvalue weighted by Crippen LogP contribution is -1.89. The number of nitrogens with zero attached hydrogens (tertiary/aromatic N) is 3. The second-order valence-corrected chi connectivity index (χ2v) is 5.07. The number of para-hydroxylation sites is 1. The fourth-order valence-electron chi connectivity index (χ4n) is 2.59. The summed E-state index contributed by atoms with van der Waals surface area (Å²) < 4.78 is 5.62. The maximum absolute atomic E-state index is 5.62. The lowest BCUT2D eigenvalue weighted by Gasteiger charge is -2.05. The fraction of sp³-hybridized carbons (Fsp3) is 0.0556. The third-order valence-electron chi connectivity index (χ3n) is 3.59. The van der Waals surface area contributed by atoms with E-state index < -0.39 is 0 Å². The molecule has 106 valence electrons. The summed E-state index contributed by atoms with van der Waals surface area (Å²) in [5, 5.41) is 1.05. The van der Waals surface area contributed by atoms with Crippen LogP contribution in [0.3, 0.4) is 0 Å². The molecule has 3 aromatic heterocycles. The lowest BCUT2D eigenvalue weighted by molar-refractivity contribution is 0.570. The molecule has 0 radical (unpaired) electrons. The van der Waals surface area contributed by atoms with Crippen LogP contribution in [-0.4, -0.2) is 15.0 Å². The van der Waals surface area contributed by atoms with Crippen molar-refractivity contribution < 1.29 is 4.42 Å². The monoisotopic (exact) mass is 287 g/mol. The minimum absolute atomic E-state index is 0.681. The summed E-state index contributed by atoms with van der Waals surface area (Å²) in [7, 11) is 0. The van der Waals surface area contributed by atoms with E-state index in [4.69, 9.17) is 4.42 Å². The van der Waals surface area contributed by atoms with Crippen LogP contribution in [0.4, 0.5) is 0 Å². The molecule has 4 heteroatoms. The van der Waals surface area contributed by atoms with E-state index in [9.17, 15) is 0 Å². The molecule has 0 saturated carbocycles. The van der Waals surface area contributed by atoms with Crippen molar-refractivity contribution in [1.29, 1.82) is 0 Å². The van der Waals surface area contributed by atoms with Crippen molar-refractivity contribution in [3.63, 3.8) is 0 Å². The van der Waals surface area contributed by atoms with Crippen molar-refractivity contribution in [2.45, 2.75) is 6.92 Å². The zero-order valence-corrected chi connectivity index (χ0v) is 12.0. The summed E-state index contributed by atoms with van der Waals surface area (Å²) in [6, 6.07) is 15.8. The van der Waals surface area contributed by atoms with Gasteiger partial charge in [0.15, 0.2) is 12.2 Å². The summed E-state index contributed by atoms with van der Waals surface area (Å²) in [5.41, 5.74) is 4.45. The molecule has 0 fully saturated rings. The molecule has 0 atom stereocenters. The molecule has 0 aliphatic heterocycles. The molecule has 0 bridgehead atoms. The van der Waals surface area contributed by atoms with Gasteiger partial charge in [-0.3, -0.25) is 4.98 Å². The molecule has 0 aliphatic carbocycles. The van der Waals surface area contributed by atoms with Gasteiger partial charge >= 0.3 is 0 Å². The average molecular weight is 287 g/mol. The van der Waals surface area contributed by atoms with Crippen molar-refractivity contribution in [3.8, 4) is 22.7 Å². The van der Waals surface area contributed by atoms with E-state index in [0.29, 0.717) is 5.76 Å². The zero-order chi connectivity index (χ0) is 14.9. The summed E-state index contributed by atoms with van der Waals surface area (Å²) in [5.74, 6) is 0.681. The maximum atomic E-state index is 5.62. The predicted octanol–water partition coefficient (Wildman–Crippen LogP) is 4.26. The minimum atomic E-state index is 0.681. The number of hydrogen-bond acceptors (Lipinski definition) is 4. The summed E-state index contributed by atoms with van der Waals surface area (Å²) in [6.45, 7) is 1.96. The number of pyridine rings is 2. The summed E-state index contributed by atoms with van der Waals surface area (Å²) in [6.07, 6.45) is 3.25. The van der Waals surface area contributed by atoms with Gasteiger partial charge in [0.25, 0.3) is 0 Å². The Balaban J connectivity index is 1.96. The number of hydrogen-bond donors (Lipinski definition) is 0. The molecule has 4 rings (SSSR count). The Morgan fingerprint density at radius 2 is 1.82 bits per heavy atom. The molecule has 0 spiro atoms. The summed E-state index contributed by atoms with van der Waals surface area (Å²) >= 11 is 0. The van der Waals surface area contributed by atoms with E-state index in [1.807, 2.05) is 55.5 Å². The Kier molecular flexibility index (Phi) is 2.93. The molecule has 0 unspecified atom stereocenters. The van der Waals surface area contributed by atoms with Crippen LogP contribution in [0, 0.1) is 6.92 Å². The van der Waals surface area contributed by atoms with Gasteiger partial charge in [-0.2, -0.15) is 0 Å². The van der Waals surface area contributed by atoms with Crippen LogP contribution in [-0.2, 0) is 0 Å². The van der Waals surface area contributed by atoms with E-state index in [-0.39, 0.29) is 0 Å². The molecule has 4 nitrogen and oxygen atoms in total. The van der Waals surface area contributed by atoms with E-state index in [0.717, 1.165) is 33.5 Å². The fourth-order valence-corrected chi connectivity index (χ4v) is 2.59. The number of rotatable bonds is 2. The Hall–Kier alpha value is -3.01. The molecule has 0 N–H and O–H groups in total. The highest BCUT2D eigenvalue weighted by atomic mass is 16.3. The molecule has 22 heavy (non-hydrogen) atoms. The number of fused-ring (bicyclic) bond motifs is 1. The first-order valence-corrected chi connectivity index (χ1v) is 7.04. The third-order valence-corrected chi connectivity index (χ3v) is 3.59. The van der Waals surface area contributed by atoms with Crippen LogP contribution in [0.5, 0.6) is 0 Å². The Morgan fingerprint density at radius 1 is 0.909 bits per heavy atom. The minimum Gasteiger partial charge on any atom is -0.441 e. The van der Waals surface area contributed by atoms with Crippen molar-refractivity contribution >= 4 is 10.9 Å². The van der Waals surface area contributed by atoms with Crippen LogP contribution < -0.4 is 0 Å². The van der Waals surface area contributed by atoms with E-state index in [1.165, 1.54) is 6.39 Å². The third kappa shape index (κ3) is 2.05. The summed E-state index contributed by atoms with van der Waals surface area (Å²) in [4.78, 5) is 13.3. The highest BCUT2D eigenvalue weighted by Crippen LogP contribution is 2.33. The lowest BCUT2D eigenvalue weighted by atomic mass is 10.0. The van der Waals surface area contributed by atoms with Crippen LogP contribution in [0.2, 0.25) is 0 Å². The molecule has 1 aromatic carbocycles. The first-order chi connectivity index (χ1) is 10.8. The predicted molar refractivity (Wildman–Crippen MR) is 85.2 cm³/mol. The standard InChI is InChI=1S/C18H13N3O/c1-12-5-4-8-16(21-12)18-17(20-11-22-18)14-9-10-19-15-7-3-2-6-13(14)15/h2-11H,1H3. The molecular weight excluding hydrogens is 274 g/mol. The van der Waals surface area contributed by atoms with Crippen molar-refractivity contribution in [2.75, 3.05) is 0 Å². The SMILES string of the molecule is Cc1cccc(-c2ocnc2-c2ccnc3ccccc23)n1. The van der Waals surface area contributed by atoms with Crippen LogP contribution >= 0.6 is 0 Å². The van der Waals surface area contributed by atoms with Gasteiger partial charge in [0.1, 0.15) is 11.4 Å². The molecule has 3 heterocycles. The second-order valence-electron chi connectivity index (χ2n) is 5.07. The highest BCUT2D eigenvalue weighted by molar-refractivity contribution is 5.95. The molecular formula is C18H13N3O. The van der Waals surface area contributed by atoms with Gasteiger partial charge in [0.2, 0.25) is 0 Å². The van der Waals surface area contributed by atoms with Gasteiger partial charge in [0.05, 0.1) is 5.52 Å². The van der Waals surface area contributed by atoms with E-state index in [2.05, 4.69) is 15.0 Å². The Morgan fingerprint density at radius 3 is 2.73 bits per heavy atom. The van der Waals surface area contributed by atoms with E-state index >= 15 is 0 Å². The zero-order valence-electron chi connectivity index (χ0n) is 12.0. The quantitative estimate of drug-likeness (QED) is 0.552. The number of aromatic nitrogens is 3. The molecule has 0 aliphatic rings. The van der Waals surface area contributed by atoms with Gasteiger partial charge in [-0.15, -0.1) is 0 Å². The van der Waals surface area contributed by atoms with Crippen LogP contribution in [0.1, 0.15) is 5.69 Å². The molecule has 4 aromatic rings. The van der Waals surface area contributed by atoms with Crippen molar-refractivity contribution in [3.05, 3.63) is 66.8 Å².